The van der Waals surface area contributed by atoms with Gasteiger partial charge in [0.15, 0.2) is 0 Å². The van der Waals surface area contributed by atoms with Crippen molar-refractivity contribution in [3.8, 4) is 0 Å². The van der Waals surface area contributed by atoms with Crippen molar-refractivity contribution in [1.82, 2.24) is 9.88 Å². The number of amides is 1. The van der Waals surface area contributed by atoms with Gasteiger partial charge in [0.2, 0.25) is 0 Å². The molecule has 1 saturated heterocycles. The summed E-state index contributed by atoms with van der Waals surface area (Å²) in [5.74, 6) is -0.499. The molecule has 1 aromatic carbocycles. The van der Waals surface area contributed by atoms with E-state index >= 15 is 0 Å². The Morgan fingerprint density at radius 1 is 1.26 bits per heavy atom. The standard InChI is InChI=1S/C18H19FN2O2/c19-16-4-2-1-3-14(16)11-15-12-21(10-7-17(15)22)18(23)13-5-8-20-9-6-13/h1-6,8-9,15,17,22H,7,10-12H2/t15-,17+/m1/s1. The molecule has 2 atom stereocenters. The first kappa shape index (κ1) is 15.6. The van der Waals surface area contributed by atoms with Crippen LogP contribution in [0.15, 0.2) is 48.8 Å². The predicted octanol–water partition coefficient (Wildman–Crippen LogP) is 2.29. The molecule has 0 bridgehead atoms. The number of pyridine rings is 1. The van der Waals surface area contributed by atoms with Gasteiger partial charge in [-0.25, -0.2) is 4.39 Å². The fourth-order valence-electron chi connectivity index (χ4n) is 3.03. The Hall–Kier alpha value is -2.27. The lowest BCUT2D eigenvalue weighted by Crippen LogP contribution is -2.46. The van der Waals surface area contributed by atoms with Crippen molar-refractivity contribution in [2.75, 3.05) is 13.1 Å². The molecule has 23 heavy (non-hydrogen) atoms. The maximum atomic E-state index is 13.8. The number of likely N-dealkylation sites (tertiary alicyclic amines) is 1. The Labute approximate surface area is 134 Å². The van der Waals surface area contributed by atoms with Gasteiger partial charge in [0.1, 0.15) is 5.82 Å². The third kappa shape index (κ3) is 3.56. The molecular formula is C18H19FN2O2. The lowest BCUT2D eigenvalue weighted by Gasteiger charge is -2.36. The molecule has 1 N–H and O–H groups in total. The van der Waals surface area contributed by atoms with Gasteiger partial charge in [-0.05, 0) is 36.6 Å². The Morgan fingerprint density at radius 2 is 2.00 bits per heavy atom. The molecule has 1 fully saturated rings. The summed E-state index contributed by atoms with van der Waals surface area (Å²) >= 11 is 0. The van der Waals surface area contributed by atoms with Crippen LogP contribution in [-0.2, 0) is 6.42 Å². The van der Waals surface area contributed by atoms with Crippen molar-refractivity contribution in [3.05, 3.63) is 65.7 Å². The van der Waals surface area contributed by atoms with Crippen LogP contribution in [0, 0.1) is 11.7 Å². The van der Waals surface area contributed by atoms with E-state index in [1.807, 2.05) is 0 Å². The summed E-state index contributed by atoms with van der Waals surface area (Å²) in [7, 11) is 0. The second-order valence-corrected chi connectivity index (χ2v) is 5.90. The molecule has 120 valence electrons. The van der Waals surface area contributed by atoms with Crippen LogP contribution < -0.4 is 0 Å². The van der Waals surface area contributed by atoms with Crippen molar-refractivity contribution in [1.29, 1.82) is 0 Å². The van der Waals surface area contributed by atoms with E-state index in [1.54, 1.807) is 47.6 Å². The third-order valence-electron chi connectivity index (χ3n) is 4.35. The topological polar surface area (TPSA) is 53.4 Å². The highest BCUT2D eigenvalue weighted by Crippen LogP contribution is 2.24. The fourth-order valence-corrected chi connectivity index (χ4v) is 3.03. The molecular weight excluding hydrogens is 295 g/mol. The molecule has 0 saturated carbocycles. The number of rotatable bonds is 3. The summed E-state index contributed by atoms with van der Waals surface area (Å²) in [6.45, 7) is 0.937. The second-order valence-electron chi connectivity index (χ2n) is 5.90. The van der Waals surface area contributed by atoms with Gasteiger partial charge in [0, 0.05) is 37.0 Å². The van der Waals surface area contributed by atoms with E-state index in [4.69, 9.17) is 0 Å². The van der Waals surface area contributed by atoms with Gasteiger partial charge < -0.3 is 10.0 Å². The van der Waals surface area contributed by atoms with Crippen LogP contribution in [0.1, 0.15) is 22.3 Å². The van der Waals surface area contributed by atoms with Crippen molar-refractivity contribution >= 4 is 5.91 Å². The molecule has 1 aliphatic heterocycles. The Kier molecular flexibility index (Phi) is 4.67. The molecule has 4 nitrogen and oxygen atoms in total. The number of hydrogen-bond donors (Lipinski definition) is 1. The molecule has 2 heterocycles. The lowest BCUT2D eigenvalue weighted by atomic mass is 9.88. The van der Waals surface area contributed by atoms with Crippen LogP contribution in [0.4, 0.5) is 4.39 Å². The van der Waals surface area contributed by atoms with E-state index in [0.29, 0.717) is 37.1 Å². The number of nitrogens with zero attached hydrogens (tertiary/aromatic N) is 2. The van der Waals surface area contributed by atoms with Gasteiger partial charge >= 0.3 is 0 Å². The minimum atomic E-state index is -0.518. The predicted molar refractivity (Wildman–Crippen MR) is 84.4 cm³/mol. The van der Waals surface area contributed by atoms with Crippen LogP contribution >= 0.6 is 0 Å². The highest BCUT2D eigenvalue weighted by molar-refractivity contribution is 5.94. The minimum Gasteiger partial charge on any atom is -0.393 e. The molecule has 3 rings (SSSR count). The molecule has 2 aromatic rings. The second kappa shape index (κ2) is 6.87. The van der Waals surface area contributed by atoms with E-state index in [9.17, 15) is 14.3 Å². The number of aromatic nitrogens is 1. The van der Waals surface area contributed by atoms with E-state index in [2.05, 4.69) is 4.98 Å². The average Bonchev–Trinajstić information content (AvgIpc) is 2.59. The maximum Gasteiger partial charge on any atom is 0.253 e. The SMILES string of the molecule is O=C(c1ccncc1)N1CC[C@H](O)[C@H](Cc2ccccc2F)C1. The number of halogens is 1. The van der Waals surface area contributed by atoms with Gasteiger partial charge in [-0.15, -0.1) is 0 Å². The first-order valence-corrected chi connectivity index (χ1v) is 7.76. The molecule has 0 spiro atoms. The van der Waals surface area contributed by atoms with Gasteiger partial charge in [-0.1, -0.05) is 18.2 Å². The molecule has 5 heteroatoms. The average molecular weight is 314 g/mol. The quantitative estimate of drug-likeness (QED) is 0.946. The van der Waals surface area contributed by atoms with Gasteiger partial charge in [0.05, 0.1) is 6.10 Å². The van der Waals surface area contributed by atoms with Crippen molar-refractivity contribution in [2.45, 2.75) is 18.9 Å². The molecule has 0 radical (unpaired) electrons. The number of aliphatic hydroxyl groups is 1. The van der Waals surface area contributed by atoms with E-state index in [1.165, 1.54) is 6.07 Å². The van der Waals surface area contributed by atoms with Crippen LogP contribution in [-0.4, -0.2) is 40.1 Å². The normalized spacial score (nSPS) is 21.2. The van der Waals surface area contributed by atoms with E-state index in [-0.39, 0.29) is 17.6 Å². The largest absolute Gasteiger partial charge is 0.393 e. The summed E-state index contributed by atoms with van der Waals surface area (Å²) in [6, 6.07) is 9.94. The Bertz CT molecular complexity index is 678. The minimum absolute atomic E-state index is 0.0715. The van der Waals surface area contributed by atoms with Crippen LogP contribution in [0.25, 0.3) is 0 Å². The molecule has 1 aromatic heterocycles. The third-order valence-corrected chi connectivity index (χ3v) is 4.35. The van der Waals surface area contributed by atoms with Crippen molar-refractivity contribution < 1.29 is 14.3 Å². The van der Waals surface area contributed by atoms with Gasteiger partial charge in [-0.3, -0.25) is 9.78 Å². The molecule has 1 aliphatic rings. The van der Waals surface area contributed by atoms with E-state index in [0.717, 1.165) is 0 Å². The summed E-state index contributed by atoms with van der Waals surface area (Å²) < 4.78 is 13.8. The zero-order valence-electron chi connectivity index (χ0n) is 12.7. The zero-order valence-corrected chi connectivity index (χ0v) is 12.7. The maximum absolute atomic E-state index is 13.8. The summed E-state index contributed by atoms with van der Waals surface area (Å²) in [4.78, 5) is 18.2. The monoisotopic (exact) mass is 314 g/mol. The zero-order chi connectivity index (χ0) is 16.2. The molecule has 1 amide bonds. The van der Waals surface area contributed by atoms with Crippen molar-refractivity contribution in [2.24, 2.45) is 5.92 Å². The van der Waals surface area contributed by atoms with E-state index < -0.39 is 6.10 Å². The molecule has 0 aliphatic carbocycles. The summed E-state index contributed by atoms with van der Waals surface area (Å²) in [5.41, 5.74) is 1.16. The highest BCUT2D eigenvalue weighted by atomic mass is 19.1. The van der Waals surface area contributed by atoms with Crippen LogP contribution in [0.5, 0.6) is 0 Å². The number of benzene rings is 1. The number of aliphatic hydroxyl groups excluding tert-OH is 1. The fraction of sp³-hybridized carbons (Fsp3) is 0.333. The highest BCUT2D eigenvalue weighted by Gasteiger charge is 2.31. The van der Waals surface area contributed by atoms with Crippen LogP contribution in [0.3, 0.4) is 0 Å². The Morgan fingerprint density at radius 3 is 2.74 bits per heavy atom. The first-order chi connectivity index (χ1) is 11.1. The number of hydrogen-bond acceptors (Lipinski definition) is 3. The number of carbonyl (C=O) groups is 1. The van der Waals surface area contributed by atoms with Gasteiger partial charge in [-0.2, -0.15) is 0 Å². The summed E-state index contributed by atoms with van der Waals surface area (Å²) in [5, 5.41) is 10.2. The number of piperidine rings is 1. The lowest BCUT2D eigenvalue weighted by molar-refractivity contribution is 0.0239. The smallest absolute Gasteiger partial charge is 0.253 e. The Balaban J connectivity index is 1.72. The number of carbonyl (C=O) groups excluding carboxylic acids is 1. The van der Waals surface area contributed by atoms with Gasteiger partial charge in [0.25, 0.3) is 5.91 Å². The van der Waals surface area contributed by atoms with Crippen LogP contribution in [0.2, 0.25) is 0 Å². The summed E-state index contributed by atoms with van der Waals surface area (Å²) in [6.07, 6.45) is 3.59. The first-order valence-electron chi connectivity index (χ1n) is 7.76. The van der Waals surface area contributed by atoms with Crippen molar-refractivity contribution in [3.63, 3.8) is 0 Å². The molecule has 0 unspecified atom stereocenters.